The number of nitrogens with zero attached hydrogens (tertiary/aromatic N) is 3. The number of nitrogen functional groups attached to an aromatic ring is 1. The van der Waals surface area contributed by atoms with Gasteiger partial charge in [-0.2, -0.15) is 4.98 Å². The van der Waals surface area contributed by atoms with Crippen LogP contribution in [0.2, 0.25) is 0 Å². The molecular weight excluding hydrogens is 256 g/mol. The first-order valence-electron chi connectivity index (χ1n) is 5.24. The molecule has 0 aliphatic carbocycles. The molecule has 1 atom stereocenters. The van der Waals surface area contributed by atoms with Gasteiger partial charge in [0.2, 0.25) is 5.95 Å². The Bertz CT molecular complexity index is 335. The number of halogens is 1. The molecular formula is C10H15BrN4. The van der Waals surface area contributed by atoms with Crippen LogP contribution in [0.25, 0.3) is 0 Å². The monoisotopic (exact) mass is 270 g/mol. The van der Waals surface area contributed by atoms with Crippen molar-refractivity contribution < 1.29 is 0 Å². The van der Waals surface area contributed by atoms with E-state index in [0.29, 0.717) is 5.82 Å². The lowest BCUT2D eigenvalue weighted by Crippen LogP contribution is -2.22. The van der Waals surface area contributed by atoms with Gasteiger partial charge in [-0.25, -0.2) is 4.98 Å². The van der Waals surface area contributed by atoms with Crippen molar-refractivity contribution in [1.29, 1.82) is 0 Å². The van der Waals surface area contributed by atoms with Crippen molar-refractivity contribution in [2.45, 2.75) is 19.8 Å². The van der Waals surface area contributed by atoms with Gasteiger partial charge in [-0.15, -0.1) is 0 Å². The summed E-state index contributed by atoms with van der Waals surface area (Å²) in [5.74, 6) is 2.04. The maximum absolute atomic E-state index is 5.69. The number of rotatable bonds is 2. The third kappa shape index (κ3) is 2.40. The number of nitrogens with two attached hydrogens (primary N) is 1. The van der Waals surface area contributed by atoms with Crippen molar-refractivity contribution in [2.75, 3.05) is 23.7 Å². The Morgan fingerprint density at radius 3 is 3.00 bits per heavy atom. The molecule has 0 aromatic carbocycles. The van der Waals surface area contributed by atoms with Crippen molar-refractivity contribution in [1.82, 2.24) is 9.97 Å². The molecule has 1 aliphatic heterocycles. The quantitative estimate of drug-likeness (QED) is 0.836. The average Bonchev–Trinajstić information content (AvgIpc) is 2.64. The molecule has 2 rings (SSSR count). The van der Waals surface area contributed by atoms with E-state index in [4.69, 9.17) is 5.73 Å². The molecule has 1 aliphatic rings. The standard InChI is InChI=1S/C10H15BrN4/c1-2-7-3-4-15(6-7)10-13-8(11)5-9(12)14-10/h5,7H,2-4,6H2,1H3,(H2,12,13,14). The minimum atomic E-state index is 0.520. The summed E-state index contributed by atoms with van der Waals surface area (Å²) >= 11 is 3.33. The molecule has 1 fully saturated rings. The van der Waals surface area contributed by atoms with Gasteiger partial charge in [0.1, 0.15) is 10.4 Å². The van der Waals surface area contributed by atoms with E-state index in [2.05, 4.69) is 37.7 Å². The molecule has 0 amide bonds. The maximum Gasteiger partial charge on any atom is 0.228 e. The van der Waals surface area contributed by atoms with Crippen molar-refractivity contribution in [3.05, 3.63) is 10.7 Å². The summed E-state index contributed by atoms with van der Waals surface area (Å²) in [7, 11) is 0. The molecule has 4 nitrogen and oxygen atoms in total. The summed E-state index contributed by atoms with van der Waals surface area (Å²) in [6.07, 6.45) is 2.45. The molecule has 2 heterocycles. The predicted molar refractivity (Wildman–Crippen MR) is 64.8 cm³/mol. The fourth-order valence-electron chi connectivity index (χ4n) is 1.91. The van der Waals surface area contributed by atoms with Crippen molar-refractivity contribution in [3.8, 4) is 0 Å². The van der Waals surface area contributed by atoms with Crippen LogP contribution in [-0.2, 0) is 0 Å². The molecule has 15 heavy (non-hydrogen) atoms. The van der Waals surface area contributed by atoms with Gasteiger partial charge in [0.05, 0.1) is 0 Å². The first-order chi connectivity index (χ1) is 7.19. The Morgan fingerprint density at radius 1 is 1.60 bits per heavy atom. The SMILES string of the molecule is CCC1CCN(c2nc(N)cc(Br)n2)C1. The van der Waals surface area contributed by atoms with Crippen LogP contribution in [0.4, 0.5) is 11.8 Å². The van der Waals surface area contributed by atoms with Gasteiger partial charge in [0, 0.05) is 19.2 Å². The van der Waals surface area contributed by atoms with Crippen LogP contribution >= 0.6 is 15.9 Å². The van der Waals surface area contributed by atoms with Gasteiger partial charge in [0.15, 0.2) is 0 Å². The van der Waals surface area contributed by atoms with Gasteiger partial charge in [-0.1, -0.05) is 13.3 Å². The van der Waals surface area contributed by atoms with E-state index in [9.17, 15) is 0 Å². The molecule has 1 saturated heterocycles. The van der Waals surface area contributed by atoms with Crippen LogP contribution in [0.1, 0.15) is 19.8 Å². The molecule has 5 heteroatoms. The molecule has 0 radical (unpaired) electrons. The van der Waals surface area contributed by atoms with Crippen molar-refractivity contribution in [3.63, 3.8) is 0 Å². The highest BCUT2D eigenvalue weighted by molar-refractivity contribution is 9.10. The molecule has 82 valence electrons. The third-order valence-electron chi connectivity index (χ3n) is 2.85. The van der Waals surface area contributed by atoms with Crippen molar-refractivity contribution >= 4 is 27.7 Å². The lowest BCUT2D eigenvalue weighted by molar-refractivity contribution is 0.568. The van der Waals surface area contributed by atoms with E-state index in [1.807, 2.05) is 0 Å². The first kappa shape index (κ1) is 10.7. The summed E-state index contributed by atoms with van der Waals surface area (Å²) < 4.78 is 0.755. The van der Waals surface area contributed by atoms with Crippen LogP contribution in [0.5, 0.6) is 0 Å². The fraction of sp³-hybridized carbons (Fsp3) is 0.600. The fourth-order valence-corrected chi connectivity index (χ4v) is 2.30. The Morgan fingerprint density at radius 2 is 2.40 bits per heavy atom. The highest BCUT2D eigenvalue weighted by atomic mass is 79.9. The Labute approximate surface area is 98.0 Å². The number of hydrogen-bond donors (Lipinski definition) is 1. The minimum Gasteiger partial charge on any atom is -0.383 e. The maximum atomic E-state index is 5.69. The average molecular weight is 271 g/mol. The van der Waals surface area contributed by atoms with E-state index in [1.165, 1.54) is 12.8 Å². The Balaban J connectivity index is 2.16. The Kier molecular flexibility index (Phi) is 3.09. The molecule has 1 unspecified atom stereocenters. The van der Waals surface area contributed by atoms with Gasteiger partial charge in [-0.3, -0.25) is 0 Å². The zero-order valence-electron chi connectivity index (χ0n) is 8.78. The van der Waals surface area contributed by atoms with E-state index in [0.717, 1.165) is 29.6 Å². The van der Waals surface area contributed by atoms with Crippen LogP contribution in [-0.4, -0.2) is 23.1 Å². The zero-order valence-corrected chi connectivity index (χ0v) is 10.4. The van der Waals surface area contributed by atoms with E-state index in [1.54, 1.807) is 6.07 Å². The van der Waals surface area contributed by atoms with Crippen LogP contribution < -0.4 is 10.6 Å². The second kappa shape index (κ2) is 4.35. The first-order valence-corrected chi connectivity index (χ1v) is 6.03. The van der Waals surface area contributed by atoms with Crippen LogP contribution in [0.3, 0.4) is 0 Å². The largest absolute Gasteiger partial charge is 0.383 e. The summed E-state index contributed by atoms with van der Waals surface area (Å²) in [5.41, 5.74) is 5.69. The minimum absolute atomic E-state index is 0.520. The lowest BCUT2D eigenvalue weighted by Gasteiger charge is -2.16. The summed E-state index contributed by atoms with van der Waals surface area (Å²) in [6, 6.07) is 1.72. The molecule has 0 saturated carbocycles. The third-order valence-corrected chi connectivity index (χ3v) is 3.26. The normalized spacial score (nSPS) is 20.9. The second-order valence-electron chi connectivity index (χ2n) is 3.92. The van der Waals surface area contributed by atoms with Crippen LogP contribution in [0, 0.1) is 5.92 Å². The molecule has 1 aromatic rings. The van der Waals surface area contributed by atoms with Gasteiger partial charge >= 0.3 is 0 Å². The zero-order chi connectivity index (χ0) is 10.8. The van der Waals surface area contributed by atoms with Gasteiger partial charge in [0.25, 0.3) is 0 Å². The van der Waals surface area contributed by atoms with Gasteiger partial charge < -0.3 is 10.6 Å². The highest BCUT2D eigenvalue weighted by Gasteiger charge is 2.23. The number of anilines is 2. The van der Waals surface area contributed by atoms with Crippen molar-refractivity contribution in [2.24, 2.45) is 5.92 Å². The van der Waals surface area contributed by atoms with Gasteiger partial charge in [-0.05, 0) is 28.3 Å². The summed E-state index contributed by atoms with van der Waals surface area (Å²) in [6.45, 7) is 4.31. The predicted octanol–water partition coefficient (Wildman–Crippen LogP) is 2.06. The molecule has 1 aromatic heterocycles. The van der Waals surface area contributed by atoms with E-state index < -0.39 is 0 Å². The smallest absolute Gasteiger partial charge is 0.228 e. The van der Waals surface area contributed by atoms with E-state index in [-0.39, 0.29) is 0 Å². The number of aromatic nitrogens is 2. The highest BCUT2D eigenvalue weighted by Crippen LogP contribution is 2.24. The lowest BCUT2D eigenvalue weighted by atomic mass is 10.1. The van der Waals surface area contributed by atoms with Crippen LogP contribution in [0.15, 0.2) is 10.7 Å². The number of hydrogen-bond acceptors (Lipinski definition) is 4. The molecule has 2 N–H and O–H groups in total. The van der Waals surface area contributed by atoms with E-state index >= 15 is 0 Å². The second-order valence-corrected chi connectivity index (χ2v) is 4.74. The summed E-state index contributed by atoms with van der Waals surface area (Å²) in [4.78, 5) is 10.8. The summed E-state index contributed by atoms with van der Waals surface area (Å²) in [5, 5.41) is 0. The molecule has 0 spiro atoms. The topological polar surface area (TPSA) is 55.0 Å². The Hall–Kier alpha value is -0.840. The molecule has 0 bridgehead atoms.